The summed E-state index contributed by atoms with van der Waals surface area (Å²) in [5, 5.41) is 3.47. The summed E-state index contributed by atoms with van der Waals surface area (Å²) >= 11 is 0. The molecule has 0 aromatic heterocycles. The van der Waals surface area contributed by atoms with Crippen molar-refractivity contribution in [1.29, 1.82) is 0 Å². The van der Waals surface area contributed by atoms with E-state index < -0.39 is 0 Å². The molecule has 0 radical (unpaired) electrons. The van der Waals surface area contributed by atoms with Crippen LogP contribution < -0.4 is 10.1 Å². The van der Waals surface area contributed by atoms with E-state index in [4.69, 9.17) is 4.74 Å². The highest BCUT2D eigenvalue weighted by molar-refractivity contribution is 5.30. The number of rotatable bonds is 8. The summed E-state index contributed by atoms with van der Waals surface area (Å²) < 4.78 is 5.95. The quantitative estimate of drug-likeness (QED) is 0.748. The average Bonchev–Trinajstić information content (AvgIpc) is 2.69. The number of nitrogens with zero attached hydrogens (tertiary/aromatic N) is 1. The van der Waals surface area contributed by atoms with Gasteiger partial charge in [-0.05, 0) is 42.0 Å². The molecule has 3 heteroatoms. The largest absolute Gasteiger partial charge is 0.489 e. The summed E-state index contributed by atoms with van der Waals surface area (Å²) in [6.45, 7) is 9.70. The Bertz CT molecular complexity index is 633. The molecule has 1 aliphatic rings. The second-order valence-electron chi connectivity index (χ2n) is 7.62. The van der Waals surface area contributed by atoms with E-state index in [0.717, 1.165) is 37.8 Å². The number of nitrogens with one attached hydrogen (secondary N) is 1. The zero-order valence-corrected chi connectivity index (χ0v) is 16.2. The van der Waals surface area contributed by atoms with Gasteiger partial charge in [0.05, 0.1) is 0 Å². The minimum atomic E-state index is 0.516. The van der Waals surface area contributed by atoms with Crippen molar-refractivity contribution in [2.24, 2.45) is 5.92 Å². The van der Waals surface area contributed by atoms with Gasteiger partial charge >= 0.3 is 0 Å². The highest BCUT2D eigenvalue weighted by Gasteiger charge is 2.22. The molecule has 0 amide bonds. The normalized spacial score (nSPS) is 16.6. The van der Waals surface area contributed by atoms with Gasteiger partial charge in [0.1, 0.15) is 12.4 Å². The van der Waals surface area contributed by atoms with Gasteiger partial charge in [0.2, 0.25) is 0 Å². The maximum Gasteiger partial charge on any atom is 0.119 e. The Labute approximate surface area is 158 Å². The molecule has 1 atom stereocenters. The van der Waals surface area contributed by atoms with Crippen molar-refractivity contribution in [3.05, 3.63) is 65.7 Å². The molecule has 1 aliphatic heterocycles. The second-order valence-corrected chi connectivity index (χ2v) is 7.62. The van der Waals surface area contributed by atoms with Gasteiger partial charge in [0.25, 0.3) is 0 Å². The van der Waals surface area contributed by atoms with Crippen LogP contribution in [0.2, 0.25) is 0 Å². The van der Waals surface area contributed by atoms with Crippen LogP contribution in [0.5, 0.6) is 5.75 Å². The standard InChI is InChI=1S/C23H32N2O/c1-19(2)8-13-23(25-16-14-24-15-17-25)21-9-11-22(12-10-21)26-18-20-6-4-3-5-7-20/h3-7,9-12,19,23-24H,8,13-18H2,1-2H3/t23-/m1/s1. The number of piperazine rings is 1. The number of ether oxygens (including phenoxy) is 1. The van der Waals surface area contributed by atoms with Gasteiger partial charge in [-0.3, -0.25) is 4.90 Å². The molecular formula is C23H32N2O. The summed E-state index contributed by atoms with van der Waals surface area (Å²) in [6, 6.07) is 19.6. The van der Waals surface area contributed by atoms with Gasteiger partial charge in [-0.15, -0.1) is 0 Å². The van der Waals surface area contributed by atoms with E-state index in [1.165, 1.54) is 24.0 Å². The molecular weight excluding hydrogens is 320 g/mol. The van der Waals surface area contributed by atoms with E-state index in [2.05, 4.69) is 72.6 Å². The smallest absolute Gasteiger partial charge is 0.119 e. The van der Waals surface area contributed by atoms with Gasteiger partial charge in [0, 0.05) is 32.2 Å². The molecule has 1 fully saturated rings. The van der Waals surface area contributed by atoms with Crippen LogP contribution in [-0.4, -0.2) is 31.1 Å². The molecule has 1 saturated heterocycles. The molecule has 0 unspecified atom stereocenters. The summed E-state index contributed by atoms with van der Waals surface area (Å²) in [5.41, 5.74) is 2.62. The fraction of sp³-hybridized carbons (Fsp3) is 0.478. The fourth-order valence-corrected chi connectivity index (χ4v) is 3.57. The number of hydrogen-bond donors (Lipinski definition) is 1. The minimum Gasteiger partial charge on any atom is -0.489 e. The molecule has 0 spiro atoms. The molecule has 3 rings (SSSR count). The van der Waals surface area contributed by atoms with Crippen LogP contribution in [0.1, 0.15) is 43.9 Å². The number of hydrogen-bond acceptors (Lipinski definition) is 3. The summed E-state index contributed by atoms with van der Waals surface area (Å²) in [6.07, 6.45) is 2.49. The van der Waals surface area contributed by atoms with Crippen molar-refractivity contribution in [3.63, 3.8) is 0 Å². The van der Waals surface area contributed by atoms with Gasteiger partial charge < -0.3 is 10.1 Å². The van der Waals surface area contributed by atoms with Gasteiger partial charge in [-0.1, -0.05) is 56.3 Å². The summed E-state index contributed by atoms with van der Waals surface area (Å²) in [7, 11) is 0. The molecule has 0 bridgehead atoms. The van der Waals surface area contributed by atoms with Crippen molar-refractivity contribution in [2.45, 2.75) is 39.3 Å². The summed E-state index contributed by atoms with van der Waals surface area (Å²) in [4.78, 5) is 2.64. The van der Waals surface area contributed by atoms with Crippen molar-refractivity contribution < 1.29 is 4.74 Å². The molecule has 0 saturated carbocycles. The van der Waals surface area contributed by atoms with Crippen LogP contribution in [0.3, 0.4) is 0 Å². The first-order chi connectivity index (χ1) is 12.7. The molecule has 0 aliphatic carbocycles. The Morgan fingerprint density at radius 3 is 2.27 bits per heavy atom. The van der Waals surface area contributed by atoms with Crippen LogP contribution in [-0.2, 0) is 6.61 Å². The Morgan fingerprint density at radius 1 is 0.923 bits per heavy atom. The molecule has 2 aromatic rings. The third kappa shape index (κ3) is 5.58. The molecule has 26 heavy (non-hydrogen) atoms. The lowest BCUT2D eigenvalue weighted by Gasteiger charge is -2.35. The lowest BCUT2D eigenvalue weighted by atomic mass is 9.95. The maximum absolute atomic E-state index is 5.95. The van der Waals surface area contributed by atoms with Crippen molar-refractivity contribution in [2.75, 3.05) is 26.2 Å². The lowest BCUT2D eigenvalue weighted by molar-refractivity contribution is 0.159. The predicted molar refractivity (Wildman–Crippen MR) is 108 cm³/mol. The van der Waals surface area contributed by atoms with Crippen LogP contribution in [0, 0.1) is 5.92 Å². The Hall–Kier alpha value is -1.84. The van der Waals surface area contributed by atoms with Crippen molar-refractivity contribution in [1.82, 2.24) is 10.2 Å². The zero-order valence-electron chi connectivity index (χ0n) is 16.2. The molecule has 1 heterocycles. The van der Waals surface area contributed by atoms with Crippen molar-refractivity contribution >= 4 is 0 Å². The predicted octanol–water partition coefficient (Wildman–Crippen LogP) is 4.65. The van der Waals surface area contributed by atoms with E-state index in [-0.39, 0.29) is 0 Å². The first-order valence-corrected chi connectivity index (χ1v) is 9.94. The first kappa shape index (κ1) is 18.9. The highest BCUT2D eigenvalue weighted by atomic mass is 16.5. The SMILES string of the molecule is CC(C)CC[C@H](c1ccc(OCc2ccccc2)cc1)N1CCNCC1. The molecule has 2 aromatic carbocycles. The molecule has 140 valence electrons. The van der Waals surface area contributed by atoms with E-state index in [0.29, 0.717) is 12.6 Å². The van der Waals surface area contributed by atoms with Crippen LogP contribution >= 0.6 is 0 Å². The van der Waals surface area contributed by atoms with Crippen LogP contribution in [0.25, 0.3) is 0 Å². The van der Waals surface area contributed by atoms with Gasteiger partial charge in [-0.2, -0.15) is 0 Å². The monoisotopic (exact) mass is 352 g/mol. The fourth-order valence-electron chi connectivity index (χ4n) is 3.57. The third-order valence-electron chi connectivity index (χ3n) is 5.12. The van der Waals surface area contributed by atoms with E-state index in [1.54, 1.807) is 0 Å². The Balaban J connectivity index is 1.64. The van der Waals surface area contributed by atoms with E-state index >= 15 is 0 Å². The molecule has 3 nitrogen and oxygen atoms in total. The van der Waals surface area contributed by atoms with Crippen LogP contribution in [0.4, 0.5) is 0 Å². The first-order valence-electron chi connectivity index (χ1n) is 9.94. The van der Waals surface area contributed by atoms with Crippen molar-refractivity contribution in [3.8, 4) is 5.75 Å². The van der Waals surface area contributed by atoms with Crippen LogP contribution in [0.15, 0.2) is 54.6 Å². The second kappa shape index (κ2) is 9.75. The van der Waals surface area contributed by atoms with E-state index in [9.17, 15) is 0 Å². The molecule has 1 N–H and O–H groups in total. The number of benzene rings is 2. The lowest BCUT2D eigenvalue weighted by Crippen LogP contribution is -2.45. The average molecular weight is 353 g/mol. The van der Waals surface area contributed by atoms with Gasteiger partial charge in [-0.25, -0.2) is 0 Å². The minimum absolute atomic E-state index is 0.516. The maximum atomic E-state index is 5.95. The summed E-state index contributed by atoms with van der Waals surface area (Å²) in [5.74, 6) is 1.69. The Morgan fingerprint density at radius 2 is 1.62 bits per heavy atom. The topological polar surface area (TPSA) is 24.5 Å². The van der Waals surface area contributed by atoms with Gasteiger partial charge in [0.15, 0.2) is 0 Å². The Kier molecular flexibility index (Phi) is 7.10. The third-order valence-corrected chi connectivity index (χ3v) is 5.12. The van der Waals surface area contributed by atoms with E-state index in [1.807, 2.05) is 6.07 Å². The zero-order chi connectivity index (χ0) is 18.2. The highest BCUT2D eigenvalue weighted by Crippen LogP contribution is 2.29.